The van der Waals surface area contributed by atoms with Gasteiger partial charge in [-0.2, -0.15) is 4.98 Å². The molecule has 1 aliphatic carbocycles. The zero-order valence-electron chi connectivity index (χ0n) is 15.3. The average molecular weight is 357 g/mol. The Balaban J connectivity index is 2.05. The zero-order chi connectivity index (χ0) is 18.9. The van der Waals surface area contributed by atoms with Crippen LogP contribution in [0, 0.1) is 6.92 Å². The Bertz CT molecular complexity index is 699. The van der Waals surface area contributed by atoms with Crippen LogP contribution in [0.3, 0.4) is 0 Å². The van der Waals surface area contributed by atoms with Gasteiger partial charge in [0.1, 0.15) is 5.82 Å². The molecule has 0 bridgehead atoms. The zero-order valence-corrected chi connectivity index (χ0v) is 15.3. The summed E-state index contributed by atoms with van der Waals surface area (Å²) in [6.45, 7) is 5.46. The quantitative estimate of drug-likeness (QED) is 0.436. The van der Waals surface area contributed by atoms with E-state index in [0.717, 1.165) is 37.1 Å². The smallest absolute Gasteiger partial charge is 0.243 e. The average Bonchev–Trinajstić information content (AvgIpc) is 2.64. The summed E-state index contributed by atoms with van der Waals surface area (Å²) >= 11 is 0. The van der Waals surface area contributed by atoms with E-state index in [1.54, 1.807) is 19.5 Å². The molecular formula is C18H27N7O. The summed E-state index contributed by atoms with van der Waals surface area (Å²) in [5.74, 6) is 1.09. The van der Waals surface area contributed by atoms with Crippen molar-refractivity contribution < 1.29 is 4.79 Å². The summed E-state index contributed by atoms with van der Waals surface area (Å²) in [6.07, 6.45) is 9.99. The minimum absolute atomic E-state index is 0.126. The van der Waals surface area contributed by atoms with Gasteiger partial charge in [0.05, 0.1) is 5.70 Å². The van der Waals surface area contributed by atoms with E-state index in [1.165, 1.54) is 12.3 Å². The van der Waals surface area contributed by atoms with Gasteiger partial charge in [-0.15, -0.1) is 0 Å². The highest BCUT2D eigenvalue weighted by Gasteiger charge is 2.23. The number of amides is 1. The molecule has 0 saturated heterocycles. The third-order valence-electron chi connectivity index (χ3n) is 4.22. The molecule has 26 heavy (non-hydrogen) atoms. The fraction of sp³-hybridized carbons (Fsp3) is 0.444. The number of aliphatic imine (C=N–C) groups is 1. The number of allylic oxidation sites excluding steroid dienone is 1. The van der Waals surface area contributed by atoms with Gasteiger partial charge in [0.2, 0.25) is 11.9 Å². The Morgan fingerprint density at radius 3 is 2.88 bits per heavy atom. The van der Waals surface area contributed by atoms with E-state index in [1.807, 2.05) is 6.92 Å². The lowest BCUT2D eigenvalue weighted by atomic mass is 9.91. The van der Waals surface area contributed by atoms with Crippen molar-refractivity contribution in [2.24, 2.45) is 10.7 Å². The molecule has 8 nitrogen and oxygen atoms in total. The lowest BCUT2D eigenvalue weighted by Gasteiger charge is -2.30. The maximum atomic E-state index is 11.5. The Labute approximate surface area is 154 Å². The van der Waals surface area contributed by atoms with E-state index in [9.17, 15) is 4.79 Å². The monoisotopic (exact) mass is 357 g/mol. The SMILES string of the molecule is C=CC(=O)NC1CCCC(Nc2nc(NC(C=NC)=CN)ncc2C)C1. The van der Waals surface area contributed by atoms with Gasteiger partial charge in [0, 0.05) is 43.3 Å². The lowest BCUT2D eigenvalue weighted by Crippen LogP contribution is -2.41. The third-order valence-corrected chi connectivity index (χ3v) is 4.22. The van der Waals surface area contributed by atoms with E-state index < -0.39 is 0 Å². The van der Waals surface area contributed by atoms with E-state index in [-0.39, 0.29) is 18.0 Å². The predicted octanol–water partition coefficient (Wildman–Crippen LogP) is 1.72. The molecule has 1 aromatic heterocycles. The number of nitrogens with zero attached hydrogens (tertiary/aromatic N) is 3. The van der Waals surface area contributed by atoms with E-state index >= 15 is 0 Å². The lowest BCUT2D eigenvalue weighted by molar-refractivity contribution is -0.117. The molecule has 1 saturated carbocycles. The summed E-state index contributed by atoms with van der Waals surface area (Å²) in [6, 6.07) is 0.390. The van der Waals surface area contributed by atoms with Crippen LogP contribution in [0.5, 0.6) is 0 Å². The number of rotatable bonds is 7. The fourth-order valence-corrected chi connectivity index (χ4v) is 2.94. The summed E-state index contributed by atoms with van der Waals surface area (Å²) in [5.41, 5.74) is 7.13. The molecule has 1 fully saturated rings. The van der Waals surface area contributed by atoms with E-state index in [4.69, 9.17) is 5.73 Å². The number of carbonyl (C=O) groups is 1. The van der Waals surface area contributed by atoms with Crippen molar-refractivity contribution in [2.45, 2.75) is 44.7 Å². The van der Waals surface area contributed by atoms with Gasteiger partial charge in [-0.25, -0.2) is 4.98 Å². The molecular weight excluding hydrogens is 330 g/mol. The topological polar surface area (TPSA) is 117 Å². The Hall–Kier alpha value is -2.90. The second kappa shape index (κ2) is 9.55. The predicted molar refractivity (Wildman–Crippen MR) is 105 cm³/mol. The van der Waals surface area contributed by atoms with Gasteiger partial charge in [-0.1, -0.05) is 6.58 Å². The highest BCUT2D eigenvalue weighted by molar-refractivity contribution is 5.87. The van der Waals surface area contributed by atoms with Crippen LogP contribution < -0.4 is 21.7 Å². The van der Waals surface area contributed by atoms with Crippen molar-refractivity contribution in [1.29, 1.82) is 0 Å². The highest BCUT2D eigenvalue weighted by Crippen LogP contribution is 2.23. The molecule has 0 spiro atoms. The van der Waals surface area contributed by atoms with Gasteiger partial charge >= 0.3 is 0 Å². The van der Waals surface area contributed by atoms with Crippen molar-refractivity contribution in [3.05, 3.63) is 36.3 Å². The number of hydrogen-bond acceptors (Lipinski definition) is 7. The van der Waals surface area contributed by atoms with Crippen molar-refractivity contribution >= 4 is 23.9 Å². The third kappa shape index (κ3) is 5.58. The molecule has 140 valence electrons. The number of anilines is 2. The van der Waals surface area contributed by atoms with Crippen LogP contribution in [0.4, 0.5) is 11.8 Å². The first-order valence-electron chi connectivity index (χ1n) is 8.70. The molecule has 1 heterocycles. The molecule has 8 heteroatoms. The second-order valence-corrected chi connectivity index (χ2v) is 6.28. The maximum absolute atomic E-state index is 11.5. The van der Waals surface area contributed by atoms with Gasteiger partial charge in [0.15, 0.2) is 0 Å². The van der Waals surface area contributed by atoms with Crippen LogP contribution in [-0.4, -0.2) is 41.2 Å². The number of aryl methyl sites for hydroxylation is 1. The van der Waals surface area contributed by atoms with Crippen LogP contribution >= 0.6 is 0 Å². The number of aromatic nitrogens is 2. The molecule has 2 rings (SSSR count). The molecule has 0 aromatic carbocycles. The minimum atomic E-state index is -0.126. The van der Waals surface area contributed by atoms with Crippen LogP contribution in [0.1, 0.15) is 31.2 Å². The summed E-state index contributed by atoms with van der Waals surface area (Å²) in [7, 11) is 1.67. The first-order chi connectivity index (χ1) is 12.5. The Morgan fingerprint density at radius 1 is 1.42 bits per heavy atom. The Morgan fingerprint density at radius 2 is 2.19 bits per heavy atom. The molecule has 1 amide bonds. The molecule has 0 aliphatic heterocycles. The molecule has 1 aromatic rings. The van der Waals surface area contributed by atoms with Crippen molar-refractivity contribution in [2.75, 3.05) is 17.7 Å². The summed E-state index contributed by atoms with van der Waals surface area (Å²) in [4.78, 5) is 24.3. The van der Waals surface area contributed by atoms with Gasteiger partial charge in [0.25, 0.3) is 0 Å². The van der Waals surface area contributed by atoms with Crippen LogP contribution in [0.2, 0.25) is 0 Å². The fourth-order valence-electron chi connectivity index (χ4n) is 2.94. The molecule has 5 N–H and O–H groups in total. The van der Waals surface area contributed by atoms with E-state index in [0.29, 0.717) is 11.6 Å². The number of nitrogens with one attached hydrogen (secondary N) is 3. The number of carbonyl (C=O) groups excluding carboxylic acids is 1. The van der Waals surface area contributed by atoms with E-state index in [2.05, 4.69) is 37.5 Å². The number of nitrogens with two attached hydrogens (primary N) is 1. The second-order valence-electron chi connectivity index (χ2n) is 6.28. The van der Waals surface area contributed by atoms with Crippen LogP contribution in [-0.2, 0) is 4.79 Å². The van der Waals surface area contributed by atoms with Crippen LogP contribution in [0.25, 0.3) is 0 Å². The highest BCUT2D eigenvalue weighted by atomic mass is 16.1. The van der Waals surface area contributed by atoms with Crippen molar-refractivity contribution in [3.8, 4) is 0 Å². The largest absolute Gasteiger partial charge is 0.403 e. The molecule has 0 radical (unpaired) electrons. The van der Waals surface area contributed by atoms with Crippen molar-refractivity contribution in [1.82, 2.24) is 15.3 Å². The Kier molecular flexibility index (Phi) is 7.13. The van der Waals surface area contributed by atoms with Crippen LogP contribution in [0.15, 0.2) is 35.7 Å². The first kappa shape index (κ1) is 19.4. The van der Waals surface area contributed by atoms with Gasteiger partial charge in [-0.05, 0) is 38.7 Å². The molecule has 2 atom stereocenters. The van der Waals surface area contributed by atoms with Gasteiger partial charge in [-0.3, -0.25) is 9.79 Å². The van der Waals surface area contributed by atoms with Gasteiger partial charge < -0.3 is 21.7 Å². The standard InChI is InChI=1S/C18H27N7O/c1-4-16(26)22-13-6-5-7-14(8-13)23-17-12(2)10-21-18(25-17)24-15(9-19)11-20-3/h4,9-11,13-14H,1,5-8,19H2,2-3H3,(H,22,26)(H2,21,23,24,25). The maximum Gasteiger partial charge on any atom is 0.243 e. The number of hydrogen-bond donors (Lipinski definition) is 4. The molecule has 2 unspecified atom stereocenters. The summed E-state index contributed by atoms with van der Waals surface area (Å²) in [5, 5.41) is 9.49. The minimum Gasteiger partial charge on any atom is -0.403 e. The first-order valence-corrected chi connectivity index (χ1v) is 8.70. The normalized spacial score (nSPS) is 20.6. The van der Waals surface area contributed by atoms with Crippen molar-refractivity contribution in [3.63, 3.8) is 0 Å². The molecule has 1 aliphatic rings. The summed E-state index contributed by atoms with van der Waals surface area (Å²) < 4.78 is 0.